The number of para-hydroxylation sites is 1. The van der Waals surface area contributed by atoms with E-state index in [-0.39, 0.29) is 42.0 Å². The molecular weight excluding hydrogens is 429 g/mol. The van der Waals surface area contributed by atoms with E-state index in [0.29, 0.717) is 5.56 Å². The van der Waals surface area contributed by atoms with E-state index < -0.39 is 15.8 Å². The van der Waals surface area contributed by atoms with Crippen LogP contribution in [0.25, 0.3) is 10.9 Å². The maximum atomic E-state index is 13.4. The van der Waals surface area contributed by atoms with Crippen LogP contribution >= 0.6 is 11.6 Å². The van der Waals surface area contributed by atoms with Crippen molar-refractivity contribution in [3.8, 4) is 0 Å². The number of carbonyl (C=O) groups is 1. The van der Waals surface area contributed by atoms with Gasteiger partial charge < -0.3 is 4.90 Å². The summed E-state index contributed by atoms with van der Waals surface area (Å²) in [7, 11) is -3.82. The van der Waals surface area contributed by atoms with Crippen LogP contribution in [0.15, 0.2) is 53.4 Å². The van der Waals surface area contributed by atoms with E-state index in [2.05, 4.69) is 4.98 Å². The van der Waals surface area contributed by atoms with Crippen LogP contribution in [-0.2, 0) is 10.0 Å². The Kier molecular flexibility index (Phi) is 5.48. The molecule has 0 radical (unpaired) electrons. The van der Waals surface area contributed by atoms with Crippen LogP contribution in [0.2, 0.25) is 5.02 Å². The molecule has 9 heteroatoms. The zero-order valence-corrected chi connectivity index (χ0v) is 17.8. The lowest BCUT2D eigenvalue weighted by Crippen LogP contribution is -2.50. The number of nitrogens with zero attached hydrogens (tertiary/aromatic N) is 3. The molecule has 1 aliphatic heterocycles. The quantitative estimate of drug-likeness (QED) is 0.616. The van der Waals surface area contributed by atoms with Crippen molar-refractivity contribution in [1.29, 1.82) is 0 Å². The van der Waals surface area contributed by atoms with Crippen LogP contribution in [0.3, 0.4) is 0 Å². The highest BCUT2D eigenvalue weighted by molar-refractivity contribution is 7.89. The van der Waals surface area contributed by atoms with E-state index in [1.165, 1.54) is 10.4 Å². The second kappa shape index (κ2) is 7.94. The van der Waals surface area contributed by atoms with Gasteiger partial charge in [0, 0.05) is 37.3 Å². The lowest BCUT2D eigenvalue weighted by Gasteiger charge is -2.34. The average Bonchev–Trinajstić information content (AvgIpc) is 2.74. The first kappa shape index (κ1) is 20.7. The summed E-state index contributed by atoms with van der Waals surface area (Å²) >= 11 is 5.74. The molecule has 2 heterocycles. The zero-order chi connectivity index (χ0) is 21.5. The third-order valence-electron chi connectivity index (χ3n) is 5.13. The van der Waals surface area contributed by atoms with Crippen LogP contribution in [0.5, 0.6) is 0 Å². The number of amides is 1. The molecule has 6 nitrogen and oxygen atoms in total. The molecule has 1 saturated heterocycles. The van der Waals surface area contributed by atoms with Gasteiger partial charge in [-0.2, -0.15) is 4.31 Å². The molecule has 0 saturated carbocycles. The number of hydrogen-bond donors (Lipinski definition) is 0. The van der Waals surface area contributed by atoms with Crippen molar-refractivity contribution in [2.75, 3.05) is 26.2 Å². The normalized spacial score (nSPS) is 15.5. The highest BCUT2D eigenvalue weighted by atomic mass is 35.5. The van der Waals surface area contributed by atoms with Gasteiger partial charge in [0.05, 0.1) is 21.0 Å². The summed E-state index contributed by atoms with van der Waals surface area (Å²) in [5, 5.41) is 0.522. The van der Waals surface area contributed by atoms with Gasteiger partial charge in [0.1, 0.15) is 5.82 Å². The SMILES string of the molecule is Cc1cc(C(=O)N2CCN(S(=O)(=O)c3ccc(F)c(Cl)c3)CC2)c2ccccc2n1. The maximum Gasteiger partial charge on any atom is 0.254 e. The Bertz CT molecular complexity index is 1240. The molecule has 3 aromatic rings. The first-order valence-corrected chi connectivity index (χ1v) is 11.2. The van der Waals surface area contributed by atoms with Gasteiger partial charge in [0.2, 0.25) is 10.0 Å². The second-order valence-corrected chi connectivity index (χ2v) is 9.45. The number of carbonyl (C=O) groups excluding carboxylic acids is 1. The number of aryl methyl sites for hydroxylation is 1. The van der Waals surface area contributed by atoms with Gasteiger partial charge in [0.15, 0.2) is 0 Å². The number of piperazine rings is 1. The summed E-state index contributed by atoms with van der Waals surface area (Å²) in [6.07, 6.45) is 0. The third-order valence-corrected chi connectivity index (χ3v) is 7.31. The molecule has 4 rings (SSSR count). The summed E-state index contributed by atoms with van der Waals surface area (Å²) in [4.78, 5) is 19.2. The summed E-state index contributed by atoms with van der Waals surface area (Å²) in [6.45, 7) is 2.63. The zero-order valence-electron chi connectivity index (χ0n) is 16.2. The first-order valence-electron chi connectivity index (χ1n) is 9.38. The van der Waals surface area contributed by atoms with Crippen molar-refractivity contribution in [3.63, 3.8) is 0 Å². The van der Waals surface area contributed by atoms with Gasteiger partial charge in [0.25, 0.3) is 5.91 Å². The van der Waals surface area contributed by atoms with Crippen molar-refractivity contribution >= 4 is 38.4 Å². The highest BCUT2D eigenvalue weighted by Gasteiger charge is 2.31. The number of aromatic nitrogens is 1. The molecule has 156 valence electrons. The molecular formula is C21H19ClFN3O3S. The van der Waals surface area contributed by atoms with Gasteiger partial charge in [-0.15, -0.1) is 0 Å². The molecule has 30 heavy (non-hydrogen) atoms. The molecule has 1 fully saturated rings. The van der Waals surface area contributed by atoms with Crippen LogP contribution < -0.4 is 0 Å². The van der Waals surface area contributed by atoms with E-state index in [1.807, 2.05) is 31.2 Å². The fraction of sp³-hybridized carbons (Fsp3) is 0.238. The predicted molar refractivity (Wildman–Crippen MR) is 113 cm³/mol. The molecule has 0 spiro atoms. The van der Waals surface area contributed by atoms with Gasteiger partial charge in [-0.3, -0.25) is 9.78 Å². The molecule has 2 aromatic carbocycles. The Morgan fingerprint density at radius 1 is 1.07 bits per heavy atom. The summed E-state index contributed by atoms with van der Waals surface area (Å²) in [5.74, 6) is -0.829. The van der Waals surface area contributed by atoms with Gasteiger partial charge in [-0.25, -0.2) is 12.8 Å². The number of benzene rings is 2. The summed E-state index contributed by atoms with van der Waals surface area (Å²) in [5.41, 5.74) is 2.04. The van der Waals surface area contributed by atoms with Crippen LogP contribution in [0.4, 0.5) is 4.39 Å². The lowest BCUT2D eigenvalue weighted by atomic mass is 10.1. The van der Waals surface area contributed by atoms with E-state index in [1.54, 1.807) is 11.0 Å². The average molecular weight is 448 g/mol. The van der Waals surface area contributed by atoms with E-state index in [4.69, 9.17) is 11.6 Å². The second-order valence-electron chi connectivity index (χ2n) is 7.10. The largest absolute Gasteiger partial charge is 0.336 e. The molecule has 0 N–H and O–H groups in total. The Hall–Kier alpha value is -2.55. The van der Waals surface area contributed by atoms with Gasteiger partial charge in [-0.1, -0.05) is 29.8 Å². The molecule has 0 atom stereocenters. The number of sulfonamides is 1. The minimum absolute atomic E-state index is 0.0653. The number of fused-ring (bicyclic) bond motifs is 1. The van der Waals surface area contributed by atoms with Crippen LogP contribution in [0, 0.1) is 12.7 Å². The maximum absolute atomic E-state index is 13.4. The molecule has 0 unspecified atom stereocenters. The smallest absolute Gasteiger partial charge is 0.254 e. The number of halogens is 2. The summed E-state index contributed by atoms with van der Waals surface area (Å²) < 4.78 is 40.4. The Morgan fingerprint density at radius 2 is 1.77 bits per heavy atom. The molecule has 0 aliphatic carbocycles. The lowest BCUT2D eigenvalue weighted by molar-refractivity contribution is 0.0699. The van der Waals surface area contributed by atoms with Gasteiger partial charge in [-0.05, 0) is 37.3 Å². The topological polar surface area (TPSA) is 70.6 Å². The van der Waals surface area contributed by atoms with Crippen molar-refractivity contribution in [2.45, 2.75) is 11.8 Å². The number of rotatable bonds is 3. The highest BCUT2D eigenvalue weighted by Crippen LogP contribution is 2.25. The minimum atomic E-state index is -3.82. The van der Waals surface area contributed by atoms with E-state index >= 15 is 0 Å². The van der Waals surface area contributed by atoms with E-state index in [0.717, 1.165) is 28.7 Å². The fourth-order valence-corrected chi connectivity index (χ4v) is 5.27. The fourth-order valence-electron chi connectivity index (χ4n) is 3.57. The Balaban J connectivity index is 1.54. The Labute approximate surface area is 178 Å². The number of pyridine rings is 1. The first-order chi connectivity index (χ1) is 14.3. The molecule has 1 aliphatic rings. The minimum Gasteiger partial charge on any atom is -0.336 e. The molecule has 0 bridgehead atoms. The predicted octanol–water partition coefficient (Wildman–Crippen LogP) is 3.48. The molecule has 1 amide bonds. The van der Waals surface area contributed by atoms with Crippen molar-refractivity contribution < 1.29 is 17.6 Å². The monoisotopic (exact) mass is 447 g/mol. The third kappa shape index (κ3) is 3.78. The van der Waals surface area contributed by atoms with Crippen LogP contribution in [0.1, 0.15) is 16.1 Å². The number of hydrogen-bond acceptors (Lipinski definition) is 4. The van der Waals surface area contributed by atoms with E-state index in [9.17, 15) is 17.6 Å². The Morgan fingerprint density at radius 3 is 2.47 bits per heavy atom. The van der Waals surface area contributed by atoms with Crippen molar-refractivity contribution in [3.05, 3.63) is 70.6 Å². The van der Waals surface area contributed by atoms with Crippen molar-refractivity contribution in [2.24, 2.45) is 0 Å². The van der Waals surface area contributed by atoms with Crippen molar-refractivity contribution in [1.82, 2.24) is 14.2 Å². The molecule has 1 aromatic heterocycles. The summed E-state index contributed by atoms with van der Waals surface area (Å²) in [6, 6.07) is 12.5. The van der Waals surface area contributed by atoms with Gasteiger partial charge >= 0.3 is 0 Å². The standard InChI is InChI=1S/C21H19ClFN3O3S/c1-14-12-17(16-4-2-3-5-20(16)24-14)21(27)25-8-10-26(11-9-25)30(28,29)15-6-7-19(23)18(22)13-15/h2-7,12-13H,8-11H2,1H3. The van der Waals surface area contributed by atoms with Crippen LogP contribution in [-0.4, -0.2) is 54.7 Å².